The van der Waals surface area contributed by atoms with Gasteiger partial charge in [-0.15, -0.1) is 0 Å². The Labute approximate surface area is 136 Å². The van der Waals surface area contributed by atoms with Gasteiger partial charge in [0.25, 0.3) is 0 Å². The van der Waals surface area contributed by atoms with Crippen LogP contribution in [0.5, 0.6) is 5.75 Å². The molecule has 1 N–H and O–H groups in total. The molecule has 23 heavy (non-hydrogen) atoms. The molecule has 0 aliphatic heterocycles. The predicted octanol–water partition coefficient (Wildman–Crippen LogP) is 4.50. The molecule has 0 fully saturated rings. The van der Waals surface area contributed by atoms with E-state index in [2.05, 4.69) is 4.98 Å². The Morgan fingerprint density at radius 3 is 2.43 bits per heavy atom. The summed E-state index contributed by atoms with van der Waals surface area (Å²) < 4.78 is 18.7. The molecule has 0 amide bonds. The Bertz CT molecular complexity index is 1000. The number of para-hydroxylation sites is 1. The highest BCUT2D eigenvalue weighted by Gasteiger charge is 2.18. The molecule has 0 saturated heterocycles. The molecule has 3 aromatic carbocycles. The zero-order chi connectivity index (χ0) is 15.8. The van der Waals surface area contributed by atoms with Gasteiger partial charge in [0.15, 0.2) is 0 Å². The zero-order valence-electron chi connectivity index (χ0n) is 12.6. The fraction of sp³-hybridized carbons (Fsp3) is 0.0526. The third-order valence-corrected chi connectivity index (χ3v) is 5.37. The molecule has 0 saturated carbocycles. The van der Waals surface area contributed by atoms with Crippen LogP contribution in [-0.2, 0) is 10.8 Å². The van der Waals surface area contributed by atoms with E-state index in [1.807, 2.05) is 66.7 Å². The summed E-state index contributed by atoms with van der Waals surface area (Å²) in [6, 6.07) is 21.6. The normalized spacial score (nSPS) is 12.6. The molecule has 4 aromatic rings. The molecule has 1 atom stereocenters. The lowest BCUT2D eigenvalue weighted by Gasteiger charge is -2.11. The number of nitrogens with one attached hydrogen (secondary N) is 1. The maximum atomic E-state index is 13.2. The van der Waals surface area contributed by atoms with Crippen molar-refractivity contribution in [2.24, 2.45) is 0 Å². The first kappa shape index (κ1) is 14.0. The molecule has 114 valence electrons. The second-order valence-corrected chi connectivity index (χ2v) is 6.69. The van der Waals surface area contributed by atoms with E-state index in [1.165, 1.54) is 0 Å². The highest BCUT2D eigenvalue weighted by Crippen LogP contribution is 2.34. The van der Waals surface area contributed by atoms with E-state index in [-0.39, 0.29) is 0 Å². The maximum Gasteiger partial charge on any atom is 0.136 e. The lowest BCUT2D eigenvalue weighted by molar-refractivity contribution is 0.405. The summed E-state index contributed by atoms with van der Waals surface area (Å²) in [5.74, 6) is 0.640. The molecule has 0 bridgehead atoms. The summed E-state index contributed by atoms with van der Waals surface area (Å²) in [4.78, 5) is 3.96. The molecule has 0 aliphatic carbocycles. The van der Waals surface area contributed by atoms with Crippen LogP contribution in [0.15, 0.2) is 76.7 Å². The van der Waals surface area contributed by atoms with Crippen LogP contribution in [0.4, 0.5) is 0 Å². The Morgan fingerprint density at radius 1 is 0.913 bits per heavy atom. The molecule has 1 heterocycles. The van der Waals surface area contributed by atoms with Gasteiger partial charge >= 0.3 is 0 Å². The number of H-pyrrole nitrogens is 1. The van der Waals surface area contributed by atoms with Crippen LogP contribution in [0.3, 0.4) is 0 Å². The number of hydrogen-bond donors (Lipinski definition) is 1. The predicted molar refractivity (Wildman–Crippen MR) is 93.5 cm³/mol. The number of ether oxygens (including phenoxy) is 1. The molecule has 4 rings (SSSR count). The van der Waals surface area contributed by atoms with Crippen molar-refractivity contribution in [1.82, 2.24) is 4.98 Å². The largest absolute Gasteiger partial charge is 0.495 e. The van der Waals surface area contributed by atoms with Gasteiger partial charge in [0, 0.05) is 16.3 Å². The van der Waals surface area contributed by atoms with E-state index >= 15 is 0 Å². The molecule has 0 aliphatic rings. The first-order valence-electron chi connectivity index (χ1n) is 7.33. The van der Waals surface area contributed by atoms with E-state index in [0.29, 0.717) is 15.7 Å². The highest BCUT2D eigenvalue weighted by atomic mass is 32.2. The first-order chi connectivity index (χ1) is 11.3. The van der Waals surface area contributed by atoms with Gasteiger partial charge < -0.3 is 9.72 Å². The standard InChI is InChI=1S/C19H15NO2S/c1-22-17-11-10-13-6-2-4-8-15(13)19(17)23(21)18-12-14-7-3-5-9-16(14)20-18/h2-12,20H,1H3/t23-/m1/s1. The Balaban J connectivity index is 1.95. The lowest BCUT2D eigenvalue weighted by atomic mass is 10.1. The summed E-state index contributed by atoms with van der Waals surface area (Å²) in [7, 11) is 0.261. The van der Waals surface area contributed by atoms with Gasteiger partial charge in [0.05, 0.1) is 12.0 Å². The Morgan fingerprint density at radius 2 is 1.65 bits per heavy atom. The van der Waals surface area contributed by atoms with Gasteiger partial charge in [-0.2, -0.15) is 0 Å². The van der Waals surface area contributed by atoms with Crippen LogP contribution in [0.1, 0.15) is 0 Å². The minimum Gasteiger partial charge on any atom is -0.495 e. The second kappa shape index (κ2) is 5.56. The van der Waals surface area contributed by atoms with Crippen LogP contribution in [-0.4, -0.2) is 16.3 Å². The average Bonchev–Trinajstić information content (AvgIpc) is 3.04. The third-order valence-electron chi connectivity index (χ3n) is 3.95. The van der Waals surface area contributed by atoms with Crippen molar-refractivity contribution in [3.63, 3.8) is 0 Å². The molecule has 4 heteroatoms. The lowest BCUT2D eigenvalue weighted by Crippen LogP contribution is -1.98. The number of aromatic nitrogens is 1. The Kier molecular flexibility index (Phi) is 3.39. The molecule has 0 unspecified atom stereocenters. The van der Waals surface area contributed by atoms with Crippen LogP contribution in [0, 0.1) is 0 Å². The van der Waals surface area contributed by atoms with Crippen LogP contribution >= 0.6 is 0 Å². The van der Waals surface area contributed by atoms with Crippen molar-refractivity contribution in [1.29, 1.82) is 0 Å². The van der Waals surface area contributed by atoms with Gasteiger partial charge in [0.1, 0.15) is 21.6 Å². The quantitative estimate of drug-likeness (QED) is 0.604. The minimum atomic E-state index is -1.35. The summed E-state index contributed by atoms with van der Waals surface area (Å²) in [6.45, 7) is 0. The van der Waals surface area contributed by atoms with Gasteiger partial charge in [-0.05, 0) is 23.6 Å². The maximum absolute atomic E-state index is 13.2. The number of aromatic amines is 1. The fourth-order valence-corrected chi connectivity index (χ4v) is 4.21. The molecule has 1 aromatic heterocycles. The minimum absolute atomic E-state index is 0.640. The van der Waals surface area contributed by atoms with Gasteiger partial charge in [-0.1, -0.05) is 48.5 Å². The smallest absolute Gasteiger partial charge is 0.136 e. The first-order valence-corrected chi connectivity index (χ1v) is 8.48. The van der Waals surface area contributed by atoms with Gasteiger partial charge in [0.2, 0.25) is 0 Å². The van der Waals surface area contributed by atoms with Crippen LogP contribution < -0.4 is 4.74 Å². The Hall–Kier alpha value is -2.59. The third kappa shape index (κ3) is 2.32. The number of hydrogen-bond acceptors (Lipinski definition) is 2. The molecular weight excluding hydrogens is 306 g/mol. The van der Waals surface area contributed by atoms with E-state index in [4.69, 9.17) is 4.74 Å². The zero-order valence-corrected chi connectivity index (χ0v) is 13.4. The number of benzene rings is 3. The summed E-state index contributed by atoms with van der Waals surface area (Å²) in [5, 5.41) is 3.73. The number of rotatable bonds is 3. The summed E-state index contributed by atoms with van der Waals surface area (Å²) >= 11 is 0. The number of fused-ring (bicyclic) bond motifs is 2. The van der Waals surface area contributed by atoms with Crippen molar-refractivity contribution in [2.45, 2.75) is 9.92 Å². The molecule has 0 spiro atoms. The SMILES string of the molecule is COc1ccc2ccccc2c1[S@](=O)c1cc2ccccc2[nH]1. The van der Waals surface area contributed by atoms with Crippen molar-refractivity contribution in [3.05, 3.63) is 66.7 Å². The molecule has 3 nitrogen and oxygen atoms in total. The van der Waals surface area contributed by atoms with E-state index in [1.54, 1.807) is 7.11 Å². The van der Waals surface area contributed by atoms with Crippen molar-refractivity contribution < 1.29 is 8.95 Å². The fourth-order valence-electron chi connectivity index (χ4n) is 2.83. The summed E-state index contributed by atoms with van der Waals surface area (Å²) in [5.41, 5.74) is 0.982. The monoisotopic (exact) mass is 321 g/mol. The highest BCUT2D eigenvalue weighted by molar-refractivity contribution is 7.85. The number of methoxy groups -OCH3 is 1. The molecular formula is C19H15NO2S. The van der Waals surface area contributed by atoms with Crippen LogP contribution in [0.2, 0.25) is 0 Å². The van der Waals surface area contributed by atoms with Crippen LogP contribution in [0.25, 0.3) is 21.7 Å². The average molecular weight is 321 g/mol. The topological polar surface area (TPSA) is 42.1 Å². The van der Waals surface area contributed by atoms with Crippen molar-refractivity contribution in [2.75, 3.05) is 7.11 Å². The van der Waals surface area contributed by atoms with E-state index in [9.17, 15) is 4.21 Å². The summed E-state index contributed by atoms with van der Waals surface area (Å²) in [6.07, 6.45) is 0. The molecule has 0 radical (unpaired) electrons. The van der Waals surface area contributed by atoms with Crippen molar-refractivity contribution >= 4 is 32.5 Å². The van der Waals surface area contributed by atoms with Gasteiger partial charge in [-0.25, -0.2) is 4.21 Å². The second-order valence-electron chi connectivity index (χ2n) is 5.31. The van der Waals surface area contributed by atoms with E-state index < -0.39 is 10.8 Å². The van der Waals surface area contributed by atoms with Crippen molar-refractivity contribution in [3.8, 4) is 5.75 Å². The van der Waals surface area contributed by atoms with E-state index in [0.717, 1.165) is 21.7 Å². The van der Waals surface area contributed by atoms with Gasteiger partial charge in [-0.3, -0.25) is 0 Å².